The highest BCUT2D eigenvalue weighted by molar-refractivity contribution is 5.98. The van der Waals surface area contributed by atoms with Crippen molar-refractivity contribution in [3.05, 3.63) is 23.8 Å². The van der Waals surface area contributed by atoms with Crippen LogP contribution in [-0.2, 0) is 0 Å². The Kier molecular flexibility index (Phi) is 7.51. The van der Waals surface area contributed by atoms with Crippen LogP contribution >= 0.6 is 12.4 Å². The van der Waals surface area contributed by atoms with E-state index in [-0.39, 0.29) is 35.5 Å². The van der Waals surface area contributed by atoms with Gasteiger partial charge in [-0.1, -0.05) is 13.0 Å². The molecule has 1 aliphatic rings. The number of hydrogen-bond donors (Lipinski definition) is 2. The lowest BCUT2D eigenvalue weighted by atomic mass is 9.94. The van der Waals surface area contributed by atoms with Gasteiger partial charge in [0.2, 0.25) is 0 Å². The summed E-state index contributed by atoms with van der Waals surface area (Å²) in [6.07, 6.45) is 0.948. The molecule has 1 amide bonds. The van der Waals surface area contributed by atoms with Crippen molar-refractivity contribution in [3.63, 3.8) is 0 Å². The average Bonchev–Trinajstić information content (AvgIpc) is 2.49. The summed E-state index contributed by atoms with van der Waals surface area (Å²) in [5, 5.41) is 6.07. The van der Waals surface area contributed by atoms with Gasteiger partial charge in [-0.3, -0.25) is 4.79 Å². The van der Waals surface area contributed by atoms with Crippen molar-refractivity contribution in [3.8, 4) is 11.5 Å². The van der Waals surface area contributed by atoms with E-state index in [0.29, 0.717) is 12.5 Å². The van der Waals surface area contributed by atoms with Crippen molar-refractivity contribution in [1.29, 1.82) is 0 Å². The zero-order chi connectivity index (χ0) is 16.1. The van der Waals surface area contributed by atoms with Crippen LogP contribution in [-0.4, -0.2) is 38.8 Å². The lowest BCUT2D eigenvalue weighted by Crippen LogP contribution is -2.50. The summed E-state index contributed by atoms with van der Waals surface area (Å²) >= 11 is 0. The van der Waals surface area contributed by atoms with E-state index in [1.54, 1.807) is 6.07 Å². The zero-order valence-electron chi connectivity index (χ0n) is 13.0. The van der Waals surface area contributed by atoms with E-state index in [9.17, 15) is 13.6 Å². The molecule has 1 fully saturated rings. The minimum absolute atomic E-state index is 0. The zero-order valence-corrected chi connectivity index (χ0v) is 13.8. The van der Waals surface area contributed by atoms with Gasteiger partial charge in [0.1, 0.15) is 0 Å². The Hall–Kier alpha value is -1.60. The number of hydrogen-bond acceptors (Lipinski definition) is 4. The second-order valence-corrected chi connectivity index (χ2v) is 5.27. The van der Waals surface area contributed by atoms with Crippen LogP contribution in [0.3, 0.4) is 0 Å². The second kappa shape index (κ2) is 8.88. The van der Waals surface area contributed by atoms with E-state index < -0.39 is 12.5 Å². The molecule has 2 N–H and O–H groups in total. The highest BCUT2D eigenvalue weighted by Crippen LogP contribution is 2.32. The Balaban J connectivity index is 0.00000264. The number of ether oxygens (including phenoxy) is 2. The summed E-state index contributed by atoms with van der Waals surface area (Å²) < 4.78 is 34.6. The molecule has 1 aromatic carbocycles. The molecule has 1 saturated heterocycles. The van der Waals surface area contributed by atoms with Crippen LogP contribution in [0, 0.1) is 5.92 Å². The van der Waals surface area contributed by atoms with Crippen LogP contribution in [0.4, 0.5) is 8.78 Å². The molecule has 0 bridgehead atoms. The summed E-state index contributed by atoms with van der Waals surface area (Å²) in [5.74, 6) is -0.276. The molecule has 1 heterocycles. The van der Waals surface area contributed by atoms with E-state index >= 15 is 0 Å². The van der Waals surface area contributed by atoms with Crippen LogP contribution in [0.25, 0.3) is 0 Å². The Morgan fingerprint density at radius 2 is 2.17 bits per heavy atom. The van der Waals surface area contributed by atoms with Gasteiger partial charge in [-0.25, -0.2) is 0 Å². The maximum absolute atomic E-state index is 12.6. The molecule has 1 aromatic rings. The fourth-order valence-corrected chi connectivity index (χ4v) is 2.50. The van der Waals surface area contributed by atoms with E-state index in [4.69, 9.17) is 4.74 Å². The van der Waals surface area contributed by atoms with E-state index in [1.807, 2.05) is 6.92 Å². The predicted molar refractivity (Wildman–Crippen MR) is 84.8 cm³/mol. The van der Waals surface area contributed by atoms with Crippen LogP contribution in [0.1, 0.15) is 23.7 Å². The Morgan fingerprint density at radius 1 is 1.43 bits per heavy atom. The highest BCUT2D eigenvalue weighted by atomic mass is 35.5. The Morgan fingerprint density at radius 3 is 2.78 bits per heavy atom. The maximum atomic E-state index is 12.6. The molecular formula is C15H21ClF2N2O3. The van der Waals surface area contributed by atoms with Gasteiger partial charge >= 0.3 is 6.61 Å². The van der Waals surface area contributed by atoms with Crippen molar-refractivity contribution in [2.45, 2.75) is 26.0 Å². The molecule has 0 aliphatic carbocycles. The molecule has 0 radical (unpaired) electrons. The second-order valence-electron chi connectivity index (χ2n) is 5.27. The van der Waals surface area contributed by atoms with Gasteiger partial charge in [0, 0.05) is 12.6 Å². The quantitative estimate of drug-likeness (QED) is 0.856. The van der Waals surface area contributed by atoms with Gasteiger partial charge in [-0.15, -0.1) is 12.4 Å². The minimum atomic E-state index is -3.03. The van der Waals surface area contributed by atoms with Crippen LogP contribution in [0.2, 0.25) is 0 Å². The van der Waals surface area contributed by atoms with Crippen molar-refractivity contribution in [1.82, 2.24) is 10.6 Å². The topological polar surface area (TPSA) is 59.6 Å². The SMILES string of the molecule is COc1cccc(C(=O)NC2CNCCC2C)c1OC(F)F.Cl. The van der Waals surface area contributed by atoms with Gasteiger partial charge in [-0.2, -0.15) is 8.78 Å². The first-order chi connectivity index (χ1) is 10.5. The van der Waals surface area contributed by atoms with E-state index in [0.717, 1.165) is 13.0 Å². The molecule has 130 valence electrons. The van der Waals surface area contributed by atoms with Gasteiger partial charge in [-0.05, 0) is 31.0 Å². The third-order valence-corrected chi connectivity index (χ3v) is 3.79. The normalized spacial score (nSPS) is 20.6. The predicted octanol–water partition coefficient (Wildman–Crippen LogP) is 2.45. The van der Waals surface area contributed by atoms with Crippen LogP contribution < -0.4 is 20.1 Å². The number of benzene rings is 1. The molecule has 0 saturated carbocycles. The molecular weight excluding hydrogens is 330 g/mol. The number of nitrogens with one attached hydrogen (secondary N) is 2. The summed E-state index contributed by atoms with van der Waals surface area (Å²) in [5.41, 5.74) is 0.0393. The third kappa shape index (κ3) is 4.94. The monoisotopic (exact) mass is 350 g/mol. The van der Waals surface area contributed by atoms with Gasteiger partial charge in [0.15, 0.2) is 11.5 Å². The smallest absolute Gasteiger partial charge is 0.387 e. The molecule has 5 nitrogen and oxygen atoms in total. The first kappa shape index (κ1) is 19.4. The van der Waals surface area contributed by atoms with Crippen molar-refractivity contribution in [2.24, 2.45) is 5.92 Å². The van der Waals surface area contributed by atoms with E-state index in [1.165, 1.54) is 19.2 Å². The summed E-state index contributed by atoms with van der Waals surface area (Å²) in [4.78, 5) is 12.4. The standard InChI is InChI=1S/C15H20F2N2O3.ClH/c1-9-6-7-18-8-11(9)19-14(20)10-4-3-5-12(21-2)13(10)22-15(16)17;/h3-5,9,11,15,18H,6-8H2,1-2H3,(H,19,20);1H. The third-order valence-electron chi connectivity index (χ3n) is 3.79. The maximum Gasteiger partial charge on any atom is 0.387 e. The number of methoxy groups -OCH3 is 1. The number of carbonyl (C=O) groups excluding carboxylic acids is 1. The molecule has 2 rings (SSSR count). The molecule has 2 unspecified atom stereocenters. The summed E-state index contributed by atoms with van der Waals surface area (Å²) in [6.45, 7) is 0.584. The van der Waals surface area contributed by atoms with Gasteiger partial charge in [0.05, 0.1) is 12.7 Å². The molecule has 0 spiro atoms. The number of piperidine rings is 1. The van der Waals surface area contributed by atoms with Crippen LogP contribution in [0.15, 0.2) is 18.2 Å². The van der Waals surface area contributed by atoms with Crippen LogP contribution in [0.5, 0.6) is 11.5 Å². The first-order valence-corrected chi connectivity index (χ1v) is 7.16. The fourth-order valence-electron chi connectivity index (χ4n) is 2.50. The molecule has 2 atom stereocenters. The molecule has 8 heteroatoms. The highest BCUT2D eigenvalue weighted by Gasteiger charge is 2.26. The number of amides is 1. The number of para-hydroxylation sites is 1. The fraction of sp³-hybridized carbons (Fsp3) is 0.533. The van der Waals surface area contributed by atoms with Crippen molar-refractivity contribution >= 4 is 18.3 Å². The first-order valence-electron chi connectivity index (χ1n) is 7.16. The minimum Gasteiger partial charge on any atom is -0.493 e. The number of halogens is 3. The largest absolute Gasteiger partial charge is 0.493 e. The summed E-state index contributed by atoms with van der Waals surface area (Å²) in [6, 6.07) is 4.43. The molecule has 0 aromatic heterocycles. The Labute approximate surface area is 140 Å². The molecule has 1 aliphatic heterocycles. The number of rotatable bonds is 5. The lowest BCUT2D eigenvalue weighted by molar-refractivity contribution is -0.0515. The summed E-state index contributed by atoms with van der Waals surface area (Å²) in [7, 11) is 1.34. The van der Waals surface area contributed by atoms with Gasteiger partial charge in [0.25, 0.3) is 5.91 Å². The molecule has 23 heavy (non-hydrogen) atoms. The Bertz CT molecular complexity index is 531. The van der Waals surface area contributed by atoms with Crippen molar-refractivity contribution in [2.75, 3.05) is 20.2 Å². The van der Waals surface area contributed by atoms with E-state index in [2.05, 4.69) is 15.4 Å². The number of carbonyl (C=O) groups is 1. The number of alkyl halides is 2. The van der Waals surface area contributed by atoms with Gasteiger partial charge < -0.3 is 20.1 Å². The lowest BCUT2D eigenvalue weighted by Gasteiger charge is -2.30. The van der Waals surface area contributed by atoms with Crippen molar-refractivity contribution < 1.29 is 23.0 Å². The average molecular weight is 351 g/mol.